The first-order valence-corrected chi connectivity index (χ1v) is 4.15. The van der Waals surface area contributed by atoms with Crippen LogP contribution in [0, 0.1) is 0 Å². The van der Waals surface area contributed by atoms with Crippen LogP contribution in [0.2, 0.25) is 0 Å². The summed E-state index contributed by atoms with van der Waals surface area (Å²) in [5, 5.41) is 0. The molecule has 4 heteroatoms. The Morgan fingerprint density at radius 3 is 2.54 bits per heavy atom. The van der Waals surface area contributed by atoms with Gasteiger partial charge in [0.1, 0.15) is 0 Å². The van der Waals surface area contributed by atoms with Gasteiger partial charge in [-0.3, -0.25) is 0 Å². The molecule has 0 spiro atoms. The van der Waals surface area contributed by atoms with Crippen molar-refractivity contribution in [3.63, 3.8) is 0 Å². The Hall–Kier alpha value is -1.32. The Labute approximate surface area is 77.5 Å². The first kappa shape index (κ1) is 11.7. The van der Waals surface area contributed by atoms with E-state index in [4.69, 9.17) is 0 Å². The van der Waals surface area contributed by atoms with Gasteiger partial charge in [-0.15, -0.1) is 0 Å². The van der Waals surface area contributed by atoms with E-state index >= 15 is 0 Å². The second-order valence-corrected chi connectivity index (χ2v) is 2.33. The molecule has 74 valence electrons. The van der Waals surface area contributed by atoms with Crippen molar-refractivity contribution in [1.82, 2.24) is 0 Å². The van der Waals surface area contributed by atoms with Crippen molar-refractivity contribution in [2.75, 3.05) is 13.2 Å². The van der Waals surface area contributed by atoms with Crippen molar-refractivity contribution in [2.24, 2.45) is 0 Å². The van der Waals surface area contributed by atoms with Crippen LogP contribution in [-0.4, -0.2) is 25.2 Å². The zero-order chi connectivity index (χ0) is 10.1. The molecule has 0 N–H and O–H groups in total. The molecule has 0 aliphatic heterocycles. The van der Waals surface area contributed by atoms with E-state index in [1.807, 2.05) is 6.92 Å². The van der Waals surface area contributed by atoms with Crippen LogP contribution in [-0.2, 0) is 19.1 Å². The van der Waals surface area contributed by atoms with Crippen LogP contribution in [0.15, 0.2) is 12.2 Å². The lowest BCUT2D eigenvalue weighted by Crippen LogP contribution is -2.15. The van der Waals surface area contributed by atoms with Gasteiger partial charge in [0, 0.05) is 6.08 Å². The second-order valence-electron chi connectivity index (χ2n) is 2.33. The molecule has 0 aliphatic rings. The van der Waals surface area contributed by atoms with Crippen LogP contribution >= 0.6 is 0 Å². The average molecular weight is 186 g/mol. The lowest BCUT2D eigenvalue weighted by molar-refractivity contribution is -0.156. The predicted molar refractivity (Wildman–Crippen MR) is 47.0 cm³/mol. The van der Waals surface area contributed by atoms with Crippen LogP contribution < -0.4 is 0 Å². The topological polar surface area (TPSA) is 52.6 Å². The molecule has 0 aliphatic carbocycles. The molecule has 0 radical (unpaired) electrons. The van der Waals surface area contributed by atoms with E-state index in [1.54, 1.807) is 13.0 Å². The summed E-state index contributed by atoms with van der Waals surface area (Å²) in [5.41, 5.74) is 0. The molecule has 0 atom stereocenters. The Balaban J connectivity index is 3.52. The third kappa shape index (κ3) is 7.05. The van der Waals surface area contributed by atoms with Crippen LogP contribution in [0.5, 0.6) is 0 Å². The van der Waals surface area contributed by atoms with Gasteiger partial charge in [-0.2, -0.15) is 0 Å². The minimum absolute atomic E-state index is 0.316. The van der Waals surface area contributed by atoms with E-state index in [0.29, 0.717) is 6.61 Å². The van der Waals surface area contributed by atoms with Crippen LogP contribution in [0.3, 0.4) is 0 Å². The third-order valence-corrected chi connectivity index (χ3v) is 1.10. The molecule has 0 aromatic carbocycles. The predicted octanol–water partition coefficient (Wildman–Crippen LogP) is 1.06. The zero-order valence-corrected chi connectivity index (χ0v) is 7.91. The highest BCUT2D eigenvalue weighted by molar-refractivity contribution is 5.84. The molecule has 13 heavy (non-hydrogen) atoms. The van der Waals surface area contributed by atoms with Gasteiger partial charge in [-0.1, -0.05) is 13.0 Å². The molecule has 0 bridgehead atoms. The van der Waals surface area contributed by atoms with E-state index in [9.17, 15) is 9.59 Å². The lowest BCUT2D eigenvalue weighted by Gasteiger charge is -2.02. The molecule has 0 aromatic rings. The number of rotatable bonds is 5. The van der Waals surface area contributed by atoms with E-state index in [-0.39, 0.29) is 6.61 Å². The van der Waals surface area contributed by atoms with E-state index in [1.165, 1.54) is 6.08 Å². The van der Waals surface area contributed by atoms with E-state index in [0.717, 1.165) is 6.42 Å². The van der Waals surface area contributed by atoms with Crippen molar-refractivity contribution in [1.29, 1.82) is 0 Å². The summed E-state index contributed by atoms with van der Waals surface area (Å²) < 4.78 is 9.22. The fourth-order valence-corrected chi connectivity index (χ4v) is 0.572. The summed E-state index contributed by atoms with van der Waals surface area (Å²) in [4.78, 5) is 21.5. The maximum Gasteiger partial charge on any atom is 0.344 e. The molecule has 0 aromatic heterocycles. The van der Waals surface area contributed by atoms with Crippen molar-refractivity contribution in [2.45, 2.75) is 20.3 Å². The maximum absolute atomic E-state index is 10.8. The number of hydrogen-bond acceptors (Lipinski definition) is 4. The Bertz CT molecular complexity index is 196. The van der Waals surface area contributed by atoms with Crippen LogP contribution in [0.4, 0.5) is 0 Å². The number of esters is 2. The van der Waals surface area contributed by atoms with Crippen molar-refractivity contribution < 1.29 is 19.1 Å². The molecule has 0 heterocycles. The van der Waals surface area contributed by atoms with Crippen molar-refractivity contribution >= 4 is 11.9 Å². The fourth-order valence-electron chi connectivity index (χ4n) is 0.572. The molecular weight excluding hydrogens is 172 g/mol. The van der Waals surface area contributed by atoms with E-state index in [2.05, 4.69) is 9.47 Å². The third-order valence-electron chi connectivity index (χ3n) is 1.10. The summed E-state index contributed by atoms with van der Waals surface area (Å²) >= 11 is 0. The number of allylic oxidation sites excluding steroid dienone is 1. The van der Waals surface area contributed by atoms with Gasteiger partial charge >= 0.3 is 11.9 Å². The molecule has 0 saturated carbocycles. The molecular formula is C9H14O4. The van der Waals surface area contributed by atoms with Crippen molar-refractivity contribution in [3.05, 3.63) is 12.2 Å². The molecule has 0 saturated heterocycles. The summed E-state index contributed by atoms with van der Waals surface area (Å²) in [6.45, 7) is 3.62. The van der Waals surface area contributed by atoms with Gasteiger partial charge < -0.3 is 9.47 Å². The minimum atomic E-state index is -0.532. The Kier molecular flexibility index (Phi) is 6.59. The Morgan fingerprint density at radius 2 is 2.00 bits per heavy atom. The second kappa shape index (κ2) is 7.34. The monoisotopic (exact) mass is 186 g/mol. The van der Waals surface area contributed by atoms with Crippen LogP contribution in [0.25, 0.3) is 0 Å². The maximum atomic E-state index is 10.8. The smallest absolute Gasteiger partial charge is 0.344 e. The average Bonchev–Trinajstić information content (AvgIpc) is 2.12. The SMILES string of the molecule is C/C=C\C(=O)OCC(=O)OCCC. The van der Waals surface area contributed by atoms with Gasteiger partial charge in [-0.25, -0.2) is 9.59 Å². The summed E-state index contributed by atoms with van der Waals surface area (Å²) in [5.74, 6) is -1.05. The van der Waals surface area contributed by atoms with Gasteiger partial charge in [0.25, 0.3) is 0 Å². The fraction of sp³-hybridized carbons (Fsp3) is 0.556. The van der Waals surface area contributed by atoms with E-state index < -0.39 is 11.9 Å². The highest BCUT2D eigenvalue weighted by atomic mass is 16.6. The normalized spacial score (nSPS) is 10.0. The lowest BCUT2D eigenvalue weighted by atomic mass is 10.5. The first-order valence-electron chi connectivity index (χ1n) is 4.15. The van der Waals surface area contributed by atoms with Crippen LogP contribution in [0.1, 0.15) is 20.3 Å². The quantitative estimate of drug-likeness (QED) is 0.476. The molecule has 4 nitrogen and oxygen atoms in total. The number of hydrogen-bond donors (Lipinski definition) is 0. The number of ether oxygens (including phenoxy) is 2. The van der Waals surface area contributed by atoms with Gasteiger partial charge in [-0.05, 0) is 13.3 Å². The largest absolute Gasteiger partial charge is 0.463 e. The van der Waals surface area contributed by atoms with Crippen molar-refractivity contribution in [3.8, 4) is 0 Å². The number of carbonyl (C=O) groups is 2. The highest BCUT2D eigenvalue weighted by Gasteiger charge is 2.04. The minimum Gasteiger partial charge on any atom is -0.463 e. The van der Waals surface area contributed by atoms with Gasteiger partial charge in [0.05, 0.1) is 6.61 Å². The summed E-state index contributed by atoms with van der Waals surface area (Å²) in [7, 11) is 0. The summed E-state index contributed by atoms with van der Waals surface area (Å²) in [6.07, 6.45) is 3.54. The summed E-state index contributed by atoms with van der Waals surface area (Å²) in [6, 6.07) is 0. The number of carbonyl (C=O) groups excluding carboxylic acids is 2. The standard InChI is InChI=1S/C9H14O4/c1-3-5-8(10)13-7-9(11)12-6-4-2/h3,5H,4,6-7H2,1-2H3/b5-3-. The molecule has 0 rings (SSSR count). The molecule has 0 fully saturated rings. The first-order chi connectivity index (χ1) is 6.20. The Morgan fingerprint density at radius 1 is 1.31 bits per heavy atom. The zero-order valence-electron chi connectivity index (χ0n) is 7.91. The molecule has 0 amide bonds. The molecule has 0 unspecified atom stereocenters. The van der Waals surface area contributed by atoms with Gasteiger partial charge in [0.2, 0.25) is 0 Å². The van der Waals surface area contributed by atoms with Gasteiger partial charge in [0.15, 0.2) is 6.61 Å². The highest BCUT2D eigenvalue weighted by Crippen LogP contribution is 1.86.